The van der Waals surface area contributed by atoms with Gasteiger partial charge in [-0.15, -0.1) is 11.8 Å². The van der Waals surface area contributed by atoms with Crippen molar-refractivity contribution >= 4 is 44.8 Å². The van der Waals surface area contributed by atoms with Gasteiger partial charge < -0.3 is 10.2 Å². The van der Waals surface area contributed by atoms with Crippen molar-refractivity contribution < 1.29 is 13.2 Å². The molecule has 2 aromatic carbocycles. The number of hydrogen-bond donors (Lipinski definition) is 2. The van der Waals surface area contributed by atoms with Crippen LogP contribution < -0.4 is 14.9 Å². The fourth-order valence-electron chi connectivity index (χ4n) is 3.21. The second-order valence-electron chi connectivity index (χ2n) is 6.48. The summed E-state index contributed by atoms with van der Waals surface area (Å²) in [7, 11) is -3.35. The zero-order valence-electron chi connectivity index (χ0n) is 15.4. The van der Waals surface area contributed by atoms with E-state index in [4.69, 9.17) is 0 Å². The van der Waals surface area contributed by atoms with Crippen LogP contribution in [0.2, 0.25) is 0 Å². The minimum atomic E-state index is -3.35. The molecule has 27 heavy (non-hydrogen) atoms. The average molecular weight is 406 g/mol. The summed E-state index contributed by atoms with van der Waals surface area (Å²) in [4.78, 5) is 15.6. The first-order valence-electron chi connectivity index (χ1n) is 8.64. The maximum atomic E-state index is 12.5. The highest BCUT2D eigenvalue weighted by atomic mass is 32.2. The number of rotatable bonds is 6. The Morgan fingerprint density at radius 3 is 2.59 bits per heavy atom. The smallest absolute Gasteiger partial charge is 0.243 e. The first-order valence-corrected chi connectivity index (χ1v) is 11.8. The maximum Gasteiger partial charge on any atom is 0.243 e. The van der Waals surface area contributed by atoms with E-state index in [-0.39, 0.29) is 12.5 Å². The minimum Gasteiger partial charge on any atom is -0.362 e. The molecule has 1 aliphatic rings. The Hall–Kier alpha value is -2.19. The highest BCUT2D eigenvalue weighted by Crippen LogP contribution is 2.33. The van der Waals surface area contributed by atoms with Crippen LogP contribution in [-0.2, 0) is 21.2 Å². The van der Waals surface area contributed by atoms with Crippen molar-refractivity contribution in [1.29, 1.82) is 0 Å². The molecule has 144 valence electrons. The summed E-state index contributed by atoms with van der Waals surface area (Å²) in [5, 5.41) is 2.92. The lowest BCUT2D eigenvalue weighted by Gasteiger charge is -2.32. The molecule has 0 saturated carbocycles. The minimum absolute atomic E-state index is 0.0961. The molecule has 0 aliphatic carbocycles. The van der Waals surface area contributed by atoms with E-state index in [1.54, 1.807) is 17.8 Å². The standard InChI is InChI=1S/C19H23N3O3S2/c1-26-15-10-8-14(9-11-15)20-19(23)13-22-12-4-5-16-17(21-27(2,24)25)6-3-7-18(16)22/h3,6-11,21H,4-5,12-13H2,1-2H3,(H,20,23). The van der Waals surface area contributed by atoms with Gasteiger partial charge in [-0.25, -0.2) is 8.42 Å². The van der Waals surface area contributed by atoms with E-state index in [0.717, 1.165) is 47.5 Å². The molecule has 2 aromatic rings. The van der Waals surface area contributed by atoms with E-state index in [2.05, 4.69) is 10.0 Å². The monoisotopic (exact) mass is 405 g/mol. The Kier molecular flexibility index (Phi) is 5.96. The van der Waals surface area contributed by atoms with Crippen molar-refractivity contribution in [3.8, 4) is 0 Å². The molecule has 0 atom stereocenters. The molecule has 1 aliphatic heterocycles. The number of carbonyl (C=O) groups is 1. The largest absolute Gasteiger partial charge is 0.362 e. The Morgan fingerprint density at radius 2 is 1.93 bits per heavy atom. The van der Waals surface area contributed by atoms with Gasteiger partial charge in [-0.3, -0.25) is 9.52 Å². The number of benzene rings is 2. The lowest BCUT2D eigenvalue weighted by atomic mass is 10.00. The van der Waals surface area contributed by atoms with Crippen molar-refractivity contribution in [2.24, 2.45) is 0 Å². The summed E-state index contributed by atoms with van der Waals surface area (Å²) >= 11 is 1.65. The van der Waals surface area contributed by atoms with Crippen LogP contribution in [0.25, 0.3) is 0 Å². The molecule has 0 radical (unpaired) electrons. The van der Waals surface area contributed by atoms with Crippen LogP contribution >= 0.6 is 11.8 Å². The van der Waals surface area contributed by atoms with Crippen LogP contribution in [0.1, 0.15) is 12.0 Å². The predicted octanol–water partition coefficient (Wildman–Crippen LogP) is 3.17. The number of sulfonamides is 1. The van der Waals surface area contributed by atoms with Crippen LogP contribution in [0.15, 0.2) is 47.4 Å². The van der Waals surface area contributed by atoms with Gasteiger partial charge in [0.1, 0.15) is 0 Å². The van der Waals surface area contributed by atoms with Gasteiger partial charge in [-0.05, 0) is 61.1 Å². The van der Waals surface area contributed by atoms with Crippen molar-refractivity contribution in [3.63, 3.8) is 0 Å². The number of nitrogens with zero attached hydrogens (tertiary/aromatic N) is 1. The van der Waals surface area contributed by atoms with E-state index in [0.29, 0.717) is 5.69 Å². The molecule has 0 fully saturated rings. The molecule has 0 saturated heterocycles. The Morgan fingerprint density at radius 1 is 1.19 bits per heavy atom. The highest BCUT2D eigenvalue weighted by molar-refractivity contribution is 7.98. The second kappa shape index (κ2) is 8.22. The SMILES string of the molecule is CSc1ccc(NC(=O)CN2CCCc3c(NS(C)(=O)=O)cccc32)cc1. The first-order chi connectivity index (χ1) is 12.9. The number of hydrogen-bond acceptors (Lipinski definition) is 5. The third kappa shape index (κ3) is 5.17. The number of fused-ring (bicyclic) bond motifs is 1. The van der Waals surface area contributed by atoms with Crippen LogP contribution in [-0.4, -0.2) is 39.9 Å². The predicted molar refractivity (Wildman–Crippen MR) is 112 cm³/mol. The summed E-state index contributed by atoms with van der Waals surface area (Å²) < 4.78 is 25.8. The lowest BCUT2D eigenvalue weighted by Crippen LogP contribution is -2.37. The normalized spacial score (nSPS) is 13.8. The first kappa shape index (κ1) is 19.6. The van der Waals surface area contributed by atoms with Gasteiger partial charge in [0.2, 0.25) is 15.9 Å². The molecule has 3 rings (SSSR count). The molecule has 0 bridgehead atoms. The summed E-state index contributed by atoms with van der Waals surface area (Å²) in [5.41, 5.74) is 3.20. The Balaban J connectivity index is 1.73. The number of anilines is 3. The molecule has 0 spiro atoms. The van der Waals surface area contributed by atoms with E-state index in [1.807, 2.05) is 47.6 Å². The highest BCUT2D eigenvalue weighted by Gasteiger charge is 2.22. The molecule has 1 amide bonds. The Bertz CT molecular complexity index is 928. The number of carbonyl (C=O) groups excluding carboxylic acids is 1. The molecule has 0 aromatic heterocycles. The van der Waals surface area contributed by atoms with Gasteiger partial charge in [0.05, 0.1) is 18.5 Å². The third-order valence-corrected chi connectivity index (χ3v) is 5.68. The molecule has 8 heteroatoms. The summed E-state index contributed by atoms with van der Waals surface area (Å²) in [6.45, 7) is 0.980. The van der Waals surface area contributed by atoms with E-state index in [1.165, 1.54) is 0 Å². The lowest BCUT2D eigenvalue weighted by molar-refractivity contribution is -0.115. The Labute approximate surface area is 164 Å². The van der Waals surface area contributed by atoms with Crippen LogP contribution in [0.4, 0.5) is 17.1 Å². The topological polar surface area (TPSA) is 78.5 Å². The zero-order chi connectivity index (χ0) is 19.4. The van der Waals surface area contributed by atoms with Crippen LogP contribution in [0.5, 0.6) is 0 Å². The molecule has 0 unspecified atom stereocenters. The van der Waals surface area contributed by atoms with Crippen LogP contribution in [0.3, 0.4) is 0 Å². The van der Waals surface area contributed by atoms with Gasteiger partial charge in [-0.2, -0.15) is 0 Å². The fourth-order valence-corrected chi connectivity index (χ4v) is 4.21. The number of nitrogens with one attached hydrogen (secondary N) is 2. The zero-order valence-corrected chi connectivity index (χ0v) is 17.0. The fraction of sp³-hybridized carbons (Fsp3) is 0.316. The van der Waals surface area contributed by atoms with Gasteiger partial charge in [0, 0.05) is 22.8 Å². The molecule has 2 N–H and O–H groups in total. The van der Waals surface area contributed by atoms with Gasteiger partial charge in [0.25, 0.3) is 0 Å². The van der Waals surface area contributed by atoms with Crippen LogP contribution in [0, 0.1) is 0 Å². The second-order valence-corrected chi connectivity index (χ2v) is 9.11. The number of thioether (sulfide) groups is 1. The van der Waals surface area contributed by atoms with Crippen molar-refractivity contribution in [2.45, 2.75) is 17.7 Å². The molecular formula is C19H23N3O3S2. The molecule has 1 heterocycles. The van der Waals surface area contributed by atoms with E-state index >= 15 is 0 Å². The summed E-state index contributed by atoms with van der Waals surface area (Å²) in [6.07, 6.45) is 4.80. The molecular weight excluding hydrogens is 382 g/mol. The van der Waals surface area contributed by atoms with Crippen molar-refractivity contribution in [3.05, 3.63) is 48.0 Å². The van der Waals surface area contributed by atoms with Gasteiger partial charge in [0.15, 0.2) is 0 Å². The summed E-state index contributed by atoms with van der Waals surface area (Å²) in [5.74, 6) is -0.0961. The van der Waals surface area contributed by atoms with E-state index < -0.39 is 10.0 Å². The van der Waals surface area contributed by atoms with E-state index in [9.17, 15) is 13.2 Å². The quantitative estimate of drug-likeness (QED) is 0.722. The van der Waals surface area contributed by atoms with Gasteiger partial charge in [-0.1, -0.05) is 6.07 Å². The third-order valence-electron chi connectivity index (χ3n) is 4.35. The summed E-state index contributed by atoms with van der Waals surface area (Å²) in [6, 6.07) is 13.2. The van der Waals surface area contributed by atoms with Crippen molar-refractivity contribution in [1.82, 2.24) is 0 Å². The van der Waals surface area contributed by atoms with Gasteiger partial charge >= 0.3 is 0 Å². The molecule has 6 nitrogen and oxygen atoms in total. The average Bonchev–Trinajstić information content (AvgIpc) is 2.62. The maximum absolute atomic E-state index is 12.5. The van der Waals surface area contributed by atoms with Crippen molar-refractivity contribution in [2.75, 3.05) is 40.5 Å². The number of amides is 1.